The molecule has 1 aromatic carbocycles. The molecule has 1 unspecified atom stereocenters. The molecule has 5 nitrogen and oxygen atoms in total. The second kappa shape index (κ2) is 7.94. The van der Waals surface area contributed by atoms with Gasteiger partial charge in [0.25, 0.3) is 0 Å². The van der Waals surface area contributed by atoms with Crippen LogP contribution in [0.1, 0.15) is 36.5 Å². The Morgan fingerprint density at radius 2 is 2.23 bits per heavy atom. The maximum Gasteiger partial charge on any atom is 0.222 e. The van der Waals surface area contributed by atoms with Crippen molar-refractivity contribution in [2.45, 2.75) is 26.2 Å². The predicted molar refractivity (Wildman–Crippen MR) is 84.9 cm³/mol. The molecule has 1 atom stereocenters. The molecule has 0 bridgehead atoms. The number of hydrogen-bond acceptors (Lipinski definition) is 4. The van der Waals surface area contributed by atoms with Gasteiger partial charge in [0.15, 0.2) is 5.78 Å². The number of ketones is 1. The van der Waals surface area contributed by atoms with Gasteiger partial charge in [0, 0.05) is 25.1 Å². The molecule has 1 heterocycles. The SMILES string of the molecule is CC(=O)c1cccc(OCCCC(=O)N2CCC(CN)C2)c1. The first-order valence-corrected chi connectivity index (χ1v) is 7.82. The molecule has 5 heteroatoms. The van der Waals surface area contributed by atoms with Crippen molar-refractivity contribution >= 4 is 11.7 Å². The fourth-order valence-electron chi connectivity index (χ4n) is 2.63. The minimum absolute atomic E-state index is 0.0177. The third-order valence-electron chi connectivity index (χ3n) is 4.02. The van der Waals surface area contributed by atoms with Gasteiger partial charge in [-0.1, -0.05) is 12.1 Å². The molecule has 120 valence electrons. The van der Waals surface area contributed by atoms with E-state index in [-0.39, 0.29) is 11.7 Å². The molecule has 0 aliphatic carbocycles. The summed E-state index contributed by atoms with van der Waals surface area (Å²) in [6.07, 6.45) is 2.17. The van der Waals surface area contributed by atoms with Crippen molar-refractivity contribution in [2.24, 2.45) is 11.7 Å². The quantitative estimate of drug-likeness (QED) is 0.616. The van der Waals surface area contributed by atoms with E-state index in [1.807, 2.05) is 11.0 Å². The van der Waals surface area contributed by atoms with Crippen LogP contribution >= 0.6 is 0 Å². The molecule has 22 heavy (non-hydrogen) atoms. The molecule has 1 saturated heterocycles. The van der Waals surface area contributed by atoms with E-state index in [4.69, 9.17) is 10.5 Å². The van der Waals surface area contributed by atoms with Crippen LogP contribution < -0.4 is 10.5 Å². The summed E-state index contributed by atoms with van der Waals surface area (Å²) in [4.78, 5) is 25.2. The van der Waals surface area contributed by atoms with Crippen molar-refractivity contribution in [3.8, 4) is 5.75 Å². The summed E-state index contributed by atoms with van der Waals surface area (Å²) >= 11 is 0. The number of ether oxygens (including phenoxy) is 1. The van der Waals surface area contributed by atoms with Crippen LogP contribution in [0.15, 0.2) is 24.3 Å². The van der Waals surface area contributed by atoms with Crippen molar-refractivity contribution in [3.05, 3.63) is 29.8 Å². The largest absolute Gasteiger partial charge is 0.494 e. The van der Waals surface area contributed by atoms with Gasteiger partial charge < -0.3 is 15.4 Å². The minimum atomic E-state index is 0.0177. The number of nitrogens with zero attached hydrogens (tertiary/aromatic N) is 1. The Hall–Kier alpha value is -1.88. The maximum atomic E-state index is 12.0. The number of hydrogen-bond donors (Lipinski definition) is 1. The first-order valence-electron chi connectivity index (χ1n) is 7.82. The lowest BCUT2D eigenvalue weighted by atomic mass is 10.1. The Bertz CT molecular complexity index is 530. The van der Waals surface area contributed by atoms with E-state index in [2.05, 4.69) is 0 Å². The molecule has 2 N–H and O–H groups in total. The molecule has 1 amide bonds. The molecule has 0 spiro atoms. The number of benzene rings is 1. The zero-order chi connectivity index (χ0) is 15.9. The highest BCUT2D eigenvalue weighted by Gasteiger charge is 2.24. The summed E-state index contributed by atoms with van der Waals surface area (Å²) in [6.45, 7) is 4.27. The van der Waals surface area contributed by atoms with Crippen LogP contribution in [0.4, 0.5) is 0 Å². The molecule has 1 aliphatic rings. The molecule has 1 aliphatic heterocycles. The van der Waals surface area contributed by atoms with Gasteiger partial charge in [-0.15, -0.1) is 0 Å². The summed E-state index contributed by atoms with van der Waals surface area (Å²) in [5, 5.41) is 0. The van der Waals surface area contributed by atoms with E-state index >= 15 is 0 Å². The predicted octanol–water partition coefficient (Wildman–Crippen LogP) is 1.86. The Labute approximate surface area is 131 Å². The number of carbonyl (C=O) groups excluding carboxylic acids is 2. The average Bonchev–Trinajstić information content (AvgIpc) is 3.01. The van der Waals surface area contributed by atoms with Crippen molar-refractivity contribution in [1.29, 1.82) is 0 Å². The number of nitrogens with two attached hydrogens (primary N) is 1. The zero-order valence-electron chi connectivity index (χ0n) is 13.1. The van der Waals surface area contributed by atoms with E-state index in [1.54, 1.807) is 18.2 Å². The van der Waals surface area contributed by atoms with Crippen LogP contribution in [0.5, 0.6) is 5.75 Å². The second-order valence-electron chi connectivity index (χ2n) is 5.77. The lowest BCUT2D eigenvalue weighted by Gasteiger charge is -2.16. The first-order chi connectivity index (χ1) is 10.6. The molecule has 0 saturated carbocycles. The molecule has 1 aromatic rings. The fraction of sp³-hybridized carbons (Fsp3) is 0.529. The Kier molecular flexibility index (Phi) is 5.95. The van der Waals surface area contributed by atoms with Crippen LogP contribution in [0.25, 0.3) is 0 Å². The average molecular weight is 304 g/mol. The molecule has 0 radical (unpaired) electrons. The lowest BCUT2D eigenvalue weighted by molar-refractivity contribution is -0.130. The third-order valence-corrected chi connectivity index (χ3v) is 4.02. The topological polar surface area (TPSA) is 72.6 Å². The van der Waals surface area contributed by atoms with E-state index in [1.165, 1.54) is 6.92 Å². The lowest BCUT2D eigenvalue weighted by Crippen LogP contribution is -2.29. The smallest absolute Gasteiger partial charge is 0.222 e. The highest BCUT2D eigenvalue weighted by atomic mass is 16.5. The second-order valence-corrected chi connectivity index (χ2v) is 5.77. The van der Waals surface area contributed by atoms with Gasteiger partial charge >= 0.3 is 0 Å². The van der Waals surface area contributed by atoms with Gasteiger partial charge in [-0.2, -0.15) is 0 Å². The van der Waals surface area contributed by atoms with Crippen molar-refractivity contribution in [2.75, 3.05) is 26.2 Å². The summed E-state index contributed by atoms with van der Waals surface area (Å²) in [5.74, 6) is 1.32. The number of likely N-dealkylation sites (tertiary alicyclic amines) is 1. The number of Topliss-reactive ketones (excluding diaryl/α,β-unsaturated/α-hetero) is 1. The summed E-state index contributed by atoms with van der Waals surface area (Å²) < 4.78 is 5.61. The fourth-order valence-corrected chi connectivity index (χ4v) is 2.63. The first kappa shape index (κ1) is 16.5. The van der Waals surface area contributed by atoms with E-state index in [0.29, 0.717) is 43.2 Å². The normalized spacial score (nSPS) is 17.5. The van der Waals surface area contributed by atoms with Gasteiger partial charge in [-0.05, 0) is 44.4 Å². The van der Waals surface area contributed by atoms with Crippen LogP contribution in [-0.2, 0) is 4.79 Å². The van der Waals surface area contributed by atoms with Crippen LogP contribution in [0.2, 0.25) is 0 Å². The molecular weight excluding hydrogens is 280 g/mol. The van der Waals surface area contributed by atoms with Gasteiger partial charge in [0.1, 0.15) is 5.75 Å². The standard InChI is InChI=1S/C17H24N2O3/c1-13(20)15-4-2-5-16(10-15)22-9-3-6-17(21)19-8-7-14(11-18)12-19/h2,4-5,10,14H,3,6-9,11-12,18H2,1H3. The van der Waals surface area contributed by atoms with Crippen molar-refractivity contribution in [3.63, 3.8) is 0 Å². The van der Waals surface area contributed by atoms with Gasteiger partial charge in [0.05, 0.1) is 6.61 Å². The van der Waals surface area contributed by atoms with Crippen molar-refractivity contribution in [1.82, 2.24) is 4.90 Å². The van der Waals surface area contributed by atoms with Crippen LogP contribution in [0, 0.1) is 5.92 Å². The summed E-state index contributed by atoms with van der Waals surface area (Å²) in [7, 11) is 0. The highest BCUT2D eigenvalue weighted by Crippen LogP contribution is 2.17. The van der Waals surface area contributed by atoms with Crippen LogP contribution in [0.3, 0.4) is 0 Å². The summed E-state index contributed by atoms with van der Waals surface area (Å²) in [6, 6.07) is 7.12. The Morgan fingerprint density at radius 1 is 1.41 bits per heavy atom. The molecule has 2 rings (SSSR count). The maximum absolute atomic E-state index is 12.0. The van der Waals surface area contributed by atoms with Gasteiger partial charge in [-0.3, -0.25) is 9.59 Å². The number of amides is 1. The number of rotatable bonds is 7. The molecular formula is C17H24N2O3. The van der Waals surface area contributed by atoms with Gasteiger partial charge in [0.2, 0.25) is 5.91 Å². The minimum Gasteiger partial charge on any atom is -0.494 e. The zero-order valence-corrected chi connectivity index (χ0v) is 13.1. The van der Waals surface area contributed by atoms with Crippen LogP contribution in [-0.4, -0.2) is 42.8 Å². The highest BCUT2D eigenvalue weighted by molar-refractivity contribution is 5.94. The molecule has 1 fully saturated rings. The Balaban J connectivity index is 1.70. The van der Waals surface area contributed by atoms with Crippen molar-refractivity contribution < 1.29 is 14.3 Å². The van der Waals surface area contributed by atoms with E-state index in [9.17, 15) is 9.59 Å². The Morgan fingerprint density at radius 3 is 2.91 bits per heavy atom. The monoisotopic (exact) mass is 304 g/mol. The number of carbonyl (C=O) groups is 2. The van der Waals surface area contributed by atoms with E-state index in [0.717, 1.165) is 19.5 Å². The summed E-state index contributed by atoms with van der Waals surface area (Å²) in [5.41, 5.74) is 6.27. The van der Waals surface area contributed by atoms with Gasteiger partial charge in [-0.25, -0.2) is 0 Å². The molecule has 0 aromatic heterocycles. The third kappa shape index (κ3) is 4.56. The van der Waals surface area contributed by atoms with E-state index < -0.39 is 0 Å².